The summed E-state index contributed by atoms with van der Waals surface area (Å²) in [5.41, 5.74) is 3.00. The van der Waals surface area contributed by atoms with E-state index in [9.17, 15) is 0 Å². The van der Waals surface area contributed by atoms with Crippen LogP contribution < -0.4 is 9.64 Å². The van der Waals surface area contributed by atoms with E-state index in [0.717, 1.165) is 34.8 Å². The first-order chi connectivity index (χ1) is 9.81. The van der Waals surface area contributed by atoms with Gasteiger partial charge in [-0.3, -0.25) is 0 Å². The van der Waals surface area contributed by atoms with E-state index in [-0.39, 0.29) is 6.61 Å². The third kappa shape index (κ3) is 2.20. The number of fused-ring (bicyclic) bond motifs is 3. The number of aromatic nitrogens is 2. The van der Waals surface area contributed by atoms with E-state index >= 15 is 0 Å². The van der Waals surface area contributed by atoms with Gasteiger partial charge in [0.2, 0.25) is 0 Å². The number of hydrogen-bond donors (Lipinski definition) is 1. The van der Waals surface area contributed by atoms with Crippen LogP contribution in [0.15, 0.2) is 30.6 Å². The van der Waals surface area contributed by atoms with Crippen LogP contribution in [0.5, 0.6) is 5.75 Å². The molecule has 0 radical (unpaired) electrons. The van der Waals surface area contributed by atoms with Crippen LogP contribution in [0.4, 0.5) is 5.82 Å². The van der Waals surface area contributed by atoms with Crippen molar-refractivity contribution >= 4 is 5.82 Å². The monoisotopic (exact) mass is 271 g/mol. The van der Waals surface area contributed by atoms with Crippen molar-refractivity contribution in [1.29, 1.82) is 0 Å². The number of anilines is 1. The first-order valence-corrected chi connectivity index (χ1v) is 6.69. The summed E-state index contributed by atoms with van der Waals surface area (Å²) >= 11 is 0. The quantitative estimate of drug-likeness (QED) is 0.917. The highest BCUT2D eigenvalue weighted by Gasteiger charge is 2.21. The summed E-state index contributed by atoms with van der Waals surface area (Å²) in [7, 11) is 1.93. The van der Waals surface area contributed by atoms with Crippen molar-refractivity contribution in [3.05, 3.63) is 36.2 Å². The minimum absolute atomic E-state index is 0.0996. The van der Waals surface area contributed by atoms with E-state index in [1.165, 1.54) is 0 Å². The van der Waals surface area contributed by atoms with Gasteiger partial charge in [-0.15, -0.1) is 0 Å². The molecule has 2 aromatic rings. The van der Waals surface area contributed by atoms with Gasteiger partial charge < -0.3 is 14.7 Å². The Balaban J connectivity index is 2.13. The number of hydrogen-bond acceptors (Lipinski definition) is 5. The molecule has 1 N–H and O–H groups in total. The molecule has 0 unspecified atom stereocenters. The Hall–Kier alpha value is -2.14. The minimum Gasteiger partial charge on any atom is -0.493 e. The predicted molar refractivity (Wildman–Crippen MR) is 77.0 cm³/mol. The Labute approximate surface area is 117 Å². The molecule has 0 saturated carbocycles. The van der Waals surface area contributed by atoms with E-state index in [0.29, 0.717) is 13.2 Å². The maximum absolute atomic E-state index is 9.11. The normalized spacial score (nSPS) is 12.9. The summed E-state index contributed by atoms with van der Waals surface area (Å²) in [5.74, 6) is 1.73. The molecule has 0 atom stereocenters. The fourth-order valence-corrected chi connectivity index (χ4v) is 2.50. The summed E-state index contributed by atoms with van der Waals surface area (Å²) < 4.78 is 5.79. The van der Waals surface area contributed by atoms with Crippen molar-refractivity contribution < 1.29 is 9.84 Å². The number of benzene rings is 1. The smallest absolute Gasteiger partial charge is 0.135 e. The van der Waals surface area contributed by atoms with Gasteiger partial charge in [0.1, 0.15) is 17.9 Å². The zero-order valence-corrected chi connectivity index (χ0v) is 11.4. The summed E-state index contributed by atoms with van der Waals surface area (Å²) in [6, 6.07) is 7.92. The highest BCUT2D eigenvalue weighted by atomic mass is 16.5. The van der Waals surface area contributed by atoms with Gasteiger partial charge >= 0.3 is 0 Å². The molecule has 1 aliphatic rings. The average molecular weight is 271 g/mol. The summed E-state index contributed by atoms with van der Waals surface area (Å²) in [4.78, 5) is 10.8. The second-order valence-corrected chi connectivity index (χ2v) is 4.76. The van der Waals surface area contributed by atoms with E-state index < -0.39 is 0 Å². The first-order valence-electron chi connectivity index (χ1n) is 6.69. The van der Waals surface area contributed by atoms with Crippen molar-refractivity contribution in [3.8, 4) is 17.0 Å². The molecule has 1 aliphatic heterocycles. The lowest BCUT2D eigenvalue weighted by molar-refractivity contribution is 0.303. The molecule has 3 rings (SSSR count). The Morgan fingerprint density at radius 1 is 1.30 bits per heavy atom. The summed E-state index contributed by atoms with van der Waals surface area (Å²) in [6.07, 6.45) is 2.33. The van der Waals surface area contributed by atoms with Gasteiger partial charge in [-0.1, -0.05) is 12.1 Å². The molecule has 0 spiro atoms. The largest absolute Gasteiger partial charge is 0.493 e. The lowest BCUT2D eigenvalue weighted by Crippen LogP contribution is -2.24. The first kappa shape index (κ1) is 12.9. The van der Waals surface area contributed by atoms with Crippen LogP contribution in [0.3, 0.4) is 0 Å². The van der Waals surface area contributed by atoms with Crippen molar-refractivity contribution in [2.24, 2.45) is 0 Å². The lowest BCUT2D eigenvalue weighted by Gasteiger charge is -2.20. The van der Waals surface area contributed by atoms with E-state index in [4.69, 9.17) is 9.84 Å². The van der Waals surface area contributed by atoms with E-state index in [2.05, 4.69) is 9.97 Å². The molecule has 5 nitrogen and oxygen atoms in total. The SMILES string of the molecule is CN(CCO)c1ncnc2c1CCOc1ccccc1-2. The topological polar surface area (TPSA) is 58.5 Å². The minimum atomic E-state index is 0.0996. The molecule has 104 valence electrons. The molecule has 0 fully saturated rings. The standard InChI is InChI=1S/C15H17N3O2/c1-18(7-8-19)15-12-6-9-20-13-5-3-2-4-11(13)14(12)16-10-17-15/h2-5,10,19H,6-9H2,1H3. The van der Waals surface area contributed by atoms with Crippen LogP contribution in [0.2, 0.25) is 0 Å². The predicted octanol–water partition coefficient (Wildman–Crippen LogP) is 1.51. The molecule has 5 heteroatoms. The van der Waals surface area contributed by atoms with E-state index in [1.807, 2.05) is 36.2 Å². The molecule has 2 heterocycles. The Morgan fingerprint density at radius 3 is 3.00 bits per heavy atom. The number of aliphatic hydroxyl groups excluding tert-OH is 1. The zero-order chi connectivity index (χ0) is 13.9. The highest BCUT2D eigenvalue weighted by molar-refractivity contribution is 5.74. The van der Waals surface area contributed by atoms with Gasteiger partial charge in [0.25, 0.3) is 0 Å². The van der Waals surface area contributed by atoms with Gasteiger partial charge in [0.15, 0.2) is 0 Å². The molecule has 1 aromatic carbocycles. The molecule has 1 aromatic heterocycles. The van der Waals surface area contributed by atoms with Gasteiger partial charge in [-0.25, -0.2) is 9.97 Å². The summed E-state index contributed by atoms with van der Waals surface area (Å²) in [5, 5.41) is 9.11. The molecule has 0 aliphatic carbocycles. The fourth-order valence-electron chi connectivity index (χ4n) is 2.50. The van der Waals surface area contributed by atoms with Gasteiger partial charge in [0.05, 0.1) is 18.9 Å². The average Bonchev–Trinajstić information content (AvgIpc) is 2.66. The van der Waals surface area contributed by atoms with Gasteiger partial charge in [-0.2, -0.15) is 0 Å². The third-order valence-electron chi connectivity index (χ3n) is 3.47. The number of ether oxygens (including phenoxy) is 1. The Kier molecular flexibility index (Phi) is 3.52. The van der Waals surface area contributed by atoms with Crippen molar-refractivity contribution in [1.82, 2.24) is 9.97 Å². The van der Waals surface area contributed by atoms with Crippen LogP contribution in [0.25, 0.3) is 11.3 Å². The summed E-state index contributed by atoms with van der Waals surface area (Å²) in [6.45, 7) is 1.26. The number of para-hydroxylation sites is 1. The number of likely N-dealkylation sites (N-methyl/N-ethyl adjacent to an activating group) is 1. The maximum atomic E-state index is 9.11. The van der Waals surface area contributed by atoms with Crippen LogP contribution in [-0.2, 0) is 6.42 Å². The van der Waals surface area contributed by atoms with Crippen molar-refractivity contribution in [3.63, 3.8) is 0 Å². The zero-order valence-electron chi connectivity index (χ0n) is 11.4. The molecule has 0 saturated heterocycles. The molecule has 0 amide bonds. The van der Waals surface area contributed by atoms with Crippen LogP contribution >= 0.6 is 0 Å². The number of rotatable bonds is 3. The second-order valence-electron chi connectivity index (χ2n) is 4.76. The Morgan fingerprint density at radius 2 is 2.15 bits per heavy atom. The second kappa shape index (κ2) is 5.46. The molecule has 20 heavy (non-hydrogen) atoms. The van der Waals surface area contributed by atoms with Gasteiger partial charge in [0, 0.05) is 31.1 Å². The molecule has 0 bridgehead atoms. The van der Waals surface area contributed by atoms with Crippen molar-refractivity contribution in [2.45, 2.75) is 6.42 Å². The fraction of sp³-hybridized carbons (Fsp3) is 0.333. The van der Waals surface area contributed by atoms with Crippen LogP contribution in [-0.4, -0.2) is 41.9 Å². The van der Waals surface area contributed by atoms with Crippen LogP contribution in [0.1, 0.15) is 5.56 Å². The van der Waals surface area contributed by atoms with Crippen LogP contribution in [0, 0.1) is 0 Å². The highest BCUT2D eigenvalue weighted by Crippen LogP contribution is 2.36. The molecular formula is C15H17N3O2. The van der Waals surface area contributed by atoms with Crippen molar-refractivity contribution in [2.75, 3.05) is 31.7 Å². The van der Waals surface area contributed by atoms with Gasteiger partial charge in [-0.05, 0) is 12.1 Å². The number of nitrogens with zero attached hydrogens (tertiary/aromatic N) is 3. The maximum Gasteiger partial charge on any atom is 0.135 e. The molecular weight excluding hydrogens is 254 g/mol. The third-order valence-corrected chi connectivity index (χ3v) is 3.47. The lowest BCUT2D eigenvalue weighted by atomic mass is 10.0. The van der Waals surface area contributed by atoms with E-state index in [1.54, 1.807) is 6.33 Å². The Bertz CT molecular complexity index is 616. The number of aliphatic hydroxyl groups is 1.